The molecule has 0 bridgehead atoms. The number of carbonyl (C=O) groups excluding carboxylic acids is 4. The molecule has 8 heteroatoms. The molecule has 3 amide bonds. The average molecular weight is 459 g/mol. The molecule has 1 aromatic heterocycles. The number of aromatic nitrogens is 1. The lowest BCUT2D eigenvalue weighted by Gasteiger charge is -2.28. The van der Waals surface area contributed by atoms with E-state index in [1.165, 1.54) is 4.90 Å². The van der Waals surface area contributed by atoms with Gasteiger partial charge in [0.05, 0.1) is 12.1 Å². The highest BCUT2D eigenvalue weighted by Gasteiger charge is 2.37. The molecular weight excluding hydrogens is 432 g/mol. The van der Waals surface area contributed by atoms with Crippen molar-refractivity contribution >= 4 is 34.9 Å². The Morgan fingerprint density at radius 2 is 1.79 bits per heavy atom. The average Bonchev–Trinajstić information content (AvgIpc) is 3.37. The Kier molecular flexibility index (Phi) is 7.27. The molecule has 0 spiro atoms. The summed E-state index contributed by atoms with van der Waals surface area (Å²) in [6, 6.07) is 18.8. The highest BCUT2D eigenvalue weighted by molar-refractivity contribution is 5.99. The van der Waals surface area contributed by atoms with E-state index in [9.17, 15) is 19.2 Å². The van der Waals surface area contributed by atoms with E-state index in [1.807, 2.05) is 60.7 Å². The lowest BCUT2D eigenvalue weighted by atomic mass is 10.0. The minimum absolute atomic E-state index is 0.102. The summed E-state index contributed by atoms with van der Waals surface area (Å²) in [7, 11) is 0. The molecule has 2 heterocycles. The number of nitrogens with zero attached hydrogens (tertiary/aromatic N) is 2. The van der Waals surface area contributed by atoms with E-state index in [-0.39, 0.29) is 30.5 Å². The molecule has 2 atom stereocenters. The third-order valence-electron chi connectivity index (χ3n) is 5.92. The number of hydrogen-bond acceptors (Lipinski definition) is 5. The fourth-order valence-corrected chi connectivity index (χ4v) is 4.24. The second kappa shape index (κ2) is 10.7. The molecule has 1 fully saturated rings. The summed E-state index contributed by atoms with van der Waals surface area (Å²) in [6.07, 6.45) is 2.06. The van der Waals surface area contributed by atoms with Crippen LogP contribution in [-0.4, -0.2) is 59.1 Å². The predicted molar refractivity (Wildman–Crippen MR) is 127 cm³/mol. The Hall–Kier alpha value is -4.07. The van der Waals surface area contributed by atoms with Crippen LogP contribution in [0, 0.1) is 0 Å². The van der Waals surface area contributed by atoms with Crippen LogP contribution >= 0.6 is 0 Å². The number of hydrogen-bond donors (Lipinski definition) is 2. The van der Waals surface area contributed by atoms with Crippen LogP contribution in [0.3, 0.4) is 0 Å². The molecule has 174 valence electrons. The van der Waals surface area contributed by atoms with Crippen molar-refractivity contribution in [3.63, 3.8) is 0 Å². The summed E-state index contributed by atoms with van der Waals surface area (Å²) in [4.78, 5) is 55.7. The Morgan fingerprint density at radius 1 is 1.03 bits per heavy atom. The normalized spacial score (nSPS) is 16.1. The Morgan fingerprint density at radius 3 is 2.59 bits per heavy atom. The van der Waals surface area contributed by atoms with Gasteiger partial charge in [0.2, 0.25) is 11.8 Å². The smallest absolute Gasteiger partial charge is 0.270 e. The number of amides is 3. The molecule has 2 aromatic carbocycles. The number of pyridine rings is 1. The van der Waals surface area contributed by atoms with Crippen LogP contribution in [0.1, 0.15) is 28.9 Å². The Labute approximate surface area is 197 Å². The standard InChI is InChI=1S/C26H26N4O4/c31-16-14-27-25(33)23-11-6-15-30(23)26(34)22(17-18-7-2-1-3-8-18)29-24(32)21-13-12-19-9-4-5-10-20(19)28-21/h1-5,7-10,12-13,16,22-23H,6,11,14-15,17H2,(H,27,33)(H,29,32)/t22?,23-/m0/s1. The molecular formula is C26H26N4O4. The molecule has 3 aromatic rings. The molecule has 0 radical (unpaired) electrons. The maximum atomic E-state index is 13.6. The summed E-state index contributed by atoms with van der Waals surface area (Å²) in [5, 5.41) is 6.29. The van der Waals surface area contributed by atoms with Crippen LogP contribution in [0.5, 0.6) is 0 Å². The number of benzene rings is 2. The second-order valence-electron chi connectivity index (χ2n) is 8.21. The molecule has 1 aliphatic rings. The van der Waals surface area contributed by atoms with Gasteiger partial charge in [-0.2, -0.15) is 0 Å². The minimum atomic E-state index is -0.873. The van der Waals surface area contributed by atoms with Gasteiger partial charge < -0.3 is 20.3 Å². The van der Waals surface area contributed by atoms with Gasteiger partial charge in [-0.1, -0.05) is 54.6 Å². The highest BCUT2D eigenvalue weighted by Crippen LogP contribution is 2.20. The number of fused-ring (bicyclic) bond motifs is 1. The highest BCUT2D eigenvalue weighted by atomic mass is 16.2. The van der Waals surface area contributed by atoms with Gasteiger partial charge in [-0.25, -0.2) is 4.98 Å². The van der Waals surface area contributed by atoms with Crippen LogP contribution in [0.2, 0.25) is 0 Å². The van der Waals surface area contributed by atoms with Crippen molar-refractivity contribution in [2.24, 2.45) is 0 Å². The zero-order chi connectivity index (χ0) is 23.9. The van der Waals surface area contributed by atoms with E-state index in [2.05, 4.69) is 15.6 Å². The van der Waals surface area contributed by atoms with Crippen molar-refractivity contribution in [2.45, 2.75) is 31.3 Å². The van der Waals surface area contributed by atoms with Gasteiger partial charge in [-0.05, 0) is 30.5 Å². The van der Waals surface area contributed by atoms with Crippen molar-refractivity contribution in [3.05, 3.63) is 78.0 Å². The van der Waals surface area contributed by atoms with Crippen molar-refractivity contribution in [2.75, 3.05) is 13.1 Å². The van der Waals surface area contributed by atoms with E-state index in [0.717, 1.165) is 10.9 Å². The topological polar surface area (TPSA) is 108 Å². The Balaban J connectivity index is 1.56. The summed E-state index contributed by atoms with van der Waals surface area (Å²) < 4.78 is 0. The zero-order valence-electron chi connectivity index (χ0n) is 18.6. The van der Waals surface area contributed by atoms with Gasteiger partial charge in [0.25, 0.3) is 5.91 Å². The zero-order valence-corrected chi connectivity index (χ0v) is 18.6. The van der Waals surface area contributed by atoms with E-state index in [0.29, 0.717) is 31.2 Å². The molecule has 34 heavy (non-hydrogen) atoms. The van der Waals surface area contributed by atoms with Crippen LogP contribution in [0.25, 0.3) is 10.9 Å². The van der Waals surface area contributed by atoms with Crippen LogP contribution in [0.15, 0.2) is 66.7 Å². The summed E-state index contributed by atoms with van der Waals surface area (Å²) in [6.45, 7) is 0.308. The van der Waals surface area contributed by atoms with Crippen molar-refractivity contribution in [3.8, 4) is 0 Å². The molecule has 0 saturated carbocycles. The van der Waals surface area contributed by atoms with Gasteiger partial charge >= 0.3 is 0 Å². The third kappa shape index (κ3) is 5.28. The number of rotatable bonds is 8. The summed E-state index contributed by atoms with van der Waals surface area (Å²) in [5.41, 5.74) is 1.78. The quantitative estimate of drug-likeness (QED) is 0.501. The number of para-hydroxylation sites is 1. The summed E-state index contributed by atoms with van der Waals surface area (Å²) >= 11 is 0. The maximum Gasteiger partial charge on any atom is 0.270 e. The monoisotopic (exact) mass is 458 g/mol. The number of likely N-dealkylation sites (tertiary alicyclic amines) is 1. The van der Waals surface area contributed by atoms with Gasteiger partial charge in [0, 0.05) is 18.4 Å². The predicted octanol–water partition coefficient (Wildman–Crippen LogP) is 1.88. The molecule has 0 aliphatic carbocycles. The largest absolute Gasteiger partial charge is 0.348 e. The van der Waals surface area contributed by atoms with E-state index in [1.54, 1.807) is 6.07 Å². The van der Waals surface area contributed by atoms with Gasteiger partial charge in [0.1, 0.15) is 24.1 Å². The maximum absolute atomic E-state index is 13.6. The first-order valence-electron chi connectivity index (χ1n) is 11.3. The van der Waals surface area contributed by atoms with Gasteiger partial charge in [0.15, 0.2) is 0 Å². The van der Waals surface area contributed by atoms with E-state index >= 15 is 0 Å². The molecule has 8 nitrogen and oxygen atoms in total. The van der Waals surface area contributed by atoms with Crippen LogP contribution < -0.4 is 10.6 Å². The molecule has 1 aliphatic heterocycles. The summed E-state index contributed by atoms with van der Waals surface area (Å²) in [5.74, 6) is -1.15. The van der Waals surface area contributed by atoms with Gasteiger partial charge in [-0.3, -0.25) is 14.4 Å². The molecule has 2 N–H and O–H groups in total. The fraction of sp³-hybridized carbons (Fsp3) is 0.269. The lowest BCUT2D eigenvalue weighted by molar-refractivity contribution is -0.139. The molecule has 4 rings (SSSR count). The first kappa shape index (κ1) is 23.1. The van der Waals surface area contributed by atoms with Crippen molar-refractivity contribution in [1.82, 2.24) is 20.5 Å². The van der Waals surface area contributed by atoms with Crippen molar-refractivity contribution in [1.29, 1.82) is 0 Å². The second-order valence-corrected chi connectivity index (χ2v) is 8.21. The molecule has 1 unspecified atom stereocenters. The first-order chi connectivity index (χ1) is 16.6. The first-order valence-corrected chi connectivity index (χ1v) is 11.3. The van der Waals surface area contributed by atoms with Crippen LogP contribution in [0.4, 0.5) is 0 Å². The molecule has 1 saturated heterocycles. The van der Waals surface area contributed by atoms with Gasteiger partial charge in [-0.15, -0.1) is 0 Å². The number of aldehydes is 1. The Bertz CT molecular complexity index is 1200. The number of carbonyl (C=O) groups is 4. The van der Waals surface area contributed by atoms with E-state index < -0.39 is 18.0 Å². The van der Waals surface area contributed by atoms with Crippen LogP contribution in [-0.2, 0) is 20.8 Å². The third-order valence-corrected chi connectivity index (χ3v) is 5.92. The number of nitrogens with one attached hydrogen (secondary N) is 2. The fourth-order valence-electron chi connectivity index (χ4n) is 4.24. The minimum Gasteiger partial charge on any atom is -0.348 e. The van der Waals surface area contributed by atoms with Crippen molar-refractivity contribution < 1.29 is 19.2 Å². The van der Waals surface area contributed by atoms with E-state index in [4.69, 9.17) is 0 Å². The SMILES string of the molecule is O=CCNC(=O)[C@@H]1CCCN1C(=O)C(Cc1ccccc1)NC(=O)c1ccc2ccccc2n1. The lowest BCUT2D eigenvalue weighted by Crippen LogP contribution is -2.54.